The van der Waals surface area contributed by atoms with Crippen molar-refractivity contribution in [3.8, 4) is 0 Å². The summed E-state index contributed by atoms with van der Waals surface area (Å²) in [6.45, 7) is 0.363. The van der Waals surface area contributed by atoms with Gasteiger partial charge < -0.3 is 10.1 Å². The van der Waals surface area contributed by atoms with Crippen LogP contribution in [0.4, 0.5) is 8.78 Å². The molecule has 1 N–H and O–H groups in total. The van der Waals surface area contributed by atoms with Crippen molar-refractivity contribution in [2.24, 2.45) is 0 Å². The molecule has 0 fully saturated rings. The molecule has 0 bridgehead atoms. The molecule has 0 aliphatic carbocycles. The molecule has 7 heteroatoms. The van der Waals surface area contributed by atoms with Gasteiger partial charge in [-0.3, -0.25) is 9.59 Å². The van der Waals surface area contributed by atoms with Gasteiger partial charge in [0.15, 0.2) is 0 Å². The summed E-state index contributed by atoms with van der Waals surface area (Å²) < 4.78 is 32.3. The number of halogens is 3. The highest BCUT2D eigenvalue weighted by Crippen LogP contribution is 2.12. The summed E-state index contributed by atoms with van der Waals surface area (Å²) in [5.41, 5.74) is 0.635. The largest absolute Gasteiger partial charge is 0.461 e. The summed E-state index contributed by atoms with van der Waals surface area (Å²) in [7, 11) is 0. The van der Waals surface area contributed by atoms with E-state index < -0.39 is 17.5 Å². The fraction of sp³-hybridized carbons (Fsp3) is 0.222. The molecule has 0 atom stereocenters. The summed E-state index contributed by atoms with van der Waals surface area (Å²) in [5.74, 6) is -2.71. The molecule has 0 radical (unpaired) electrons. The van der Waals surface area contributed by atoms with Crippen LogP contribution in [0, 0.1) is 11.6 Å². The van der Waals surface area contributed by atoms with E-state index in [0.717, 1.165) is 22.2 Å². The molecule has 132 valence electrons. The van der Waals surface area contributed by atoms with Crippen LogP contribution in [0.25, 0.3) is 0 Å². The average molecular weight is 412 g/mol. The number of nitrogens with one attached hydrogen (secondary N) is 1. The van der Waals surface area contributed by atoms with Crippen molar-refractivity contribution < 1.29 is 23.1 Å². The first kappa shape index (κ1) is 19.1. The third-order valence-corrected chi connectivity index (χ3v) is 3.86. The highest BCUT2D eigenvalue weighted by molar-refractivity contribution is 9.10. The molecule has 0 heterocycles. The molecule has 1 amide bonds. The van der Waals surface area contributed by atoms with Crippen molar-refractivity contribution in [3.63, 3.8) is 0 Å². The fourth-order valence-corrected chi connectivity index (χ4v) is 2.28. The Morgan fingerprint density at radius 2 is 1.80 bits per heavy atom. The van der Waals surface area contributed by atoms with Gasteiger partial charge in [-0.05, 0) is 36.2 Å². The Balaban J connectivity index is 1.67. The van der Waals surface area contributed by atoms with Gasteiger partial charge in [-0.15, -0.1) is 0 Å². The van der Waals surface area contributed by atoms with Crippen molar-refractivity contribution >= 4 is 27.8 Å². The second-order valence-electron chi connectivity index (χ2n) is 5.27. The van der Waals surface area contributed by atoms with Gasteiger partial charge in [-0.25, -0.2) is 8.78 Å². The number of ether oxygens (including phenoxy) is 1. The Morgan fingerprint density at radius 3 is 2.48 bits per heavy atom. The lowest BCUT2D eigenvalue weighted by molar-refractivity contribution is -0.145. The molecular weight excluding hydrogens is 396 g/mol. The standard InChI is InChI=1S/C18H16BrF2NO3/c19-13-5-3-12(4-6-13)11-25-17(23)2-1-9-22-18(24)15-8-7-14(20)10-16(15)21/h3-8,10H,1-2,9,11H2,(H,22,24). The normalized spacial score (nSPS) is 10.4. The van der Waals surface area contributed by atoms with E-state index in [4.69, 9.17) is 4.74 Å². The Morgan fingerprint density at radius 1 is 1.08 bits per heavy atom. The van der Waals surface area contributed by atoms with Crippen LogP contribution in [-0.4, -0.2) is 18.4 Å². The maximum Gasteiger partial charge on any atom is 0.306 e. The summed E-state index contributed by atoms with van der Waals surface area (Å²) >= 11 is 3.32. The van der Waals surface area contributed by atoms with Gasteiger partial charge in [-0.2, -0.15) is 0 Å². The van der Waals surface area contributed by atoms with Crippen LogP contribution in [0.2, 0.25) is 0 Å². The smallest absolute Gasteiger partial charge is 0.306 e. The number of hydrogen-bond acceptors (Lipinski definition) is 3. The van der Waals surface area contributed by atoms with Crippen LogP contribution in [-0.2, 0) is 16.1 Å². The number of esters is 1. The quantitative estimate of drug-likeness (QED) is 0.553. The summed E-state index contributed by atoms with van der Waals surface area (Å²) in [6.07, 6.45) is 0.483. The monoisotopic (exact) mass is 411 g/mol. The minimum atomic E-state index is -0.925. The molecular formula is C18H16BrF2NO3. The highest BCUT2D eigenvalue weighted by Gasteiger charge is 2.12. The number of hydrogen-bond donors (Lipinski definition) is 1. The van der Waals surface area contributed by atoms with E-state index >= 15 is 0 Å². The van der Waals surface area contributed by atoms with Crippen LogP contribution < -0.4 is 5.32 Å². The minimum Gasteiger partial charge on any atom is -0.461 e. The number of amides is 1. The summed E-state index contributed by atoms with van der Waals surface area (Å²) in [5, 5.41) is 2.48. The van der Waals surface area contributed by atoms with Gasteiger partial charge >= 0.3 is 5.97 Å². The zero-order chi connectivity index (χ0) is 18.2. The van der Waals surface area contributed by atoms with E-state index in [2.05, 4.69) is 21.2 Å². The lowest BCUT2D eigenvalue weighted by atomic mass is 10.2. The van der Waals surface area contributed by atoms with E-state index in [9.17, 15) is 18.4 Å². The van der Waals surface area contributed by atoms with Crippen molar-refractivity contribution in [3.05, 3.63) is 69.7 Å². The third-order valence-electron chi connectivity index (χ3n) is 3.33. The van der Waals surface area contributed by atoms with Crippen LogP contribution >= 0.6 is 15.9 Å². The maximum absolute atomic E-state index is 13.4. The SMILES string of the molecule is O=C(CCCNC(=O)c1ccc(F)cc1F)OCc1ccc(Br)cc1. The van der Waals surface area contributed by atoms with Crippen molar-refractivity contribution in [2.75, 3.05) is 6.54 Å². The number of rotatable bonds is 7. The van der Waals surface area contributed by atoms with Gasteiger partial charge in [-0.1, -0.05) is 28.1 Å². The van der Waals surface area contributed by atoms with Crippen LogP contribution in [0.1, 0.15) is 28.8 Å². The van der Waals surface area contributed by atoms with E-state index in [1.165, 1.54) is 0 Å². The molecule has 0 unspecified atom stereocenters. The molecule has 0 spiro atoms. The Bertz CT molecular complexity index is 750. The zero-order valence-corrected chi connectivity index (χ0v) is 14.8. The van der Waals surface area contributed by atoms with Crippen LogP contribution in [0.3, 0.4) is 0 Å². The van der Waals surface area contributed by atoms with Crippen molar-refractivity contribution in [1.29, 1.82) is 0 Å². The molecule has 0 aromatic heterocycles. The van der Waals surface area contributed by atoms with Crippen LogP contribution in [0.5, 0.6) is 0 Å². The van der Waals surface area contributed by atoms with Crippen molar-refractivity contribution in [1.82, 2.24) is 5.32 Å². The first-order valence-corrected chi connectivity index (χ1v) is 8.38. The first-order valence-electron chi connectivity index (χ1n) is 7.59. The molecule has 0 saturated heterocycles. The van der Waals surface area contributed by atoms with Gasteiger partial charge in [0.25, 0.3) is 5.91 Å². The van der Waals surface area contributed by atoms with E-state index in [-0.39, 0.29) is 31.1 Å². The summed E-state index contributed by atoms with van der Waals surface area (Å²) in [4.78, 5) is 23.4. The Kier molecular flexibility index (Phi) is 7.06. The Hall–Kier alpha value is -2.28. The third kappa shape index (κ3) is 6.26. The van der Waals surface area contributed by atoms with E-state index in [0.29, 0.717) is 12.5 Å². The zero-order valence-electron chi connectivity index (χ0n) is 13.2. The predicted octanol–water partition coefficient (Wildman–Crippen LogP) is 3.98. The Labute approximate surface area is 152 Å². The minimum absolute atomic E-state index is 0.128. The van der Waals surface area contributed by atoms with Gasteiger partial charge in [0, 0.05) is 23.5 Å². The second-order valence-corrected chi connectivity index (χ2v) is 6.19. The molecule has 0 saturated carbocycles. The van der Waals surface area contributed by atoms with E-state index in [1.54, 1.807) is 0 Å². The maximum atomic E-state index is 13.4. The van der Waals surface area contributed by atoms with E-state index in [1.807, 2.05) is 24.3 Å². The fourth-order valence-electron chi connectivity index (χ4n) is 2.02. The average Bonchev–Trinajstić information content (AvgIpc) is 2.58. The molecule has 2 rings (SSSR count). The molecule has 2 aromatic rings. The van der Waals surface area contributed by atoms with Crippen molar-refractivity contribution in [2.45, 2.75) is 19.4 Å². The molecule has 2 aromatic carbocycles. The number of carbonyl (C=O) groups is 2. The number of carbonyl (C=O) groups excluding carboxylic acids is 2. The highest BCUT2D eigenvalue weighted by atomic mass is 79.9. The lowest BCUT2D eigenvalue weighted by Crippen LogP contribution is -2.26. The second kappa shape index (κ2) is 9.27. The molecule has 0 aliphatic rings. The predicted molar refractivity (Wildman–Crippen MR) is 91.9 cm³/mol. The molecule has 25 heavy (non-hydrogen) atoms. The van der Waals surface area contributed by atoms with Gasteiger partial charge in [0.2, 0.25) is 0 Å². The molecule has 0 aliphatic heterocycles. The van der Waals surface area contributed by atoms with Crippen LogP contribution in [0.15, 0.2) is 46.9 Å². The number of benzene rings is 2. The van der Waals surface area contributed by atoms with Gasteiger partial charge in [0.05, 0.1) is 5.56 Å². The first-order chi connectivity index (χ1) is 12.0. The lowest BCUT2D eigenvalue weighted by Gasteiger charge is -2.07. The van der Waals surface area contributed by atoms with Gasteiger partial charge in [0.1, 0.15) is 18.2 Å². The molecule has 4 nitrogen and oxygen atoms in total. The summed E-state index contributed by atoms with van der Waals surface area (Å²) in [6, 6.07) is 10.1. The topological polar surface area (TPSA) is 55.4 Å².